The number of nitrogens with one attached hydrogen (secondary N) is 1. The van der Waals surface area contributed by atoms with Crippen molar-refractivity contribution in [3.8, 4) is 5.75 Å². The Morgan fingerprint density at radius 1 is 1.11 bits per heavy atom. The number of anilines is 1. The Morgan fingerprint density at radius 3 is 2.43 bits per heavy atom. The molecule has 1 N–H and O–H groups in total. The molecule has 0 bridgehead atoms. The average Bonchev–Trinajstić information content (AvgIpc) is 2.69. The van der Waals surface area contributed by atoms with Gasteiger partial charge < -0.3 is 10.1 Å². The van der Waals surface area contributed by atoms with Gasteiger partial charge in [0.15, 0.2) is 6.61 Å². The molecule has 28 heavy (non-hydrogen) atoms. The lowest BCUT2D eigenvalue weighted by Gasteiger charge is -2.25. The maximum absolute atomic E-state index is 12.6. The first-order chi connectivity index (χ1) is 13.4. The highest BCUT2D eigenvalue weighted by molar-refractivity contribution is 9.10. The molecule has 1 saturated heterocycles. The van der Waals surface area contributed by atoms with E-state index in [-0.39, 0.29) is 17.4 Å². The Kier molecular flexibility index (Phi) is 6.98. The van der Waals surface area contributed by atoms with Gasteiger partial charge in [0.2, 0.25) is 10.0 Å². The first kappa shape index (κ1) is 21.1. The van der Waals surface area contributed by atoms with Gasteiger partial charge in [0.1, 0.15) is 5.75 Å². The number of rotatable bonds is 6. The zero-order valence-electron chi connectivity index (χ0n) is 15.0. The fourth-order valence-corrected chi connectivity index (χ4v) is 5.13. The number of sulfonamides is 1. The number of piperidine rings is 1. The van der Waals surface area contributed by atoms with Crippen LogP contribution < -0.4 is 10.1 Å². The summed E-state index contributed by atoms with van der Waals surface area (Å²) in [6.07, 6.45) is 2.84. The topological polar surface area (TPSA) is 75.7 Å². The molecule has 0 saturated carbocycles. The highest BCUT2D eigenvalue weighted by Crippen LogP contribution is 2.26. The van der Waals surface area contributed by atoms with Crippen molar-refractivity contribution in [1.82, 2.24) is 4.31 Å². The van der Waals surface area contributed by atoms with Crippen LogP contribution in [0.3, 0.4) is 0 Å². The van der Waals surface area contributed by atoms with Gasteiger partial charge in [0, 0.05) is 17.6 Å². The molecule has 0 aromatic heterocycles. The number of halogens is 2. The largest absolute Gasteiger partial charge is 0.484 e. The molecule has 0 atom stereocenters. The number of carbonyl (C=O) groups is 1. The highest BCUT2D eigenvalue weighted by Gasteiger charge is 2.25. The second-order valence-corrected chi connectivity index (χ2v) is 9.66. The van der Waals surface area contributed by atoms with Crippen molar-refractivity contribution in [2.75, 3.05) is 25.0 Å². The second-order valence-electron chi connectivity index (χ2n) is 6.40. The lowest BCUT2D eigenvalue weighted by atomic mass is 10.2. The lowest BCUT2D eigenvalue weighted by molar-refractivity contribution is -0.118. The van der Waals surface area contributed by atoms with E-state index in [2.05, 4.69) is 21.2 Å². The van der Waals surface area contributed by atoms with E-state index >= 15 is 0 Å². The Labute approximate surface area is 178 Å². The molecular weight excluding hydrogens is 468 g/mol. The first-order valence-corrected chi connectivity index (χ1v) is 11.5. The van der Waals surface area contributed by atoms with Crippen molar-refractivity contribution in [3.63, 3.8) is 0 Å². The van der Waals surface area contributed by atoms with E-state index in [1.54, 1.807) is 30.3 Å². The standard InChI is InChI=1S/C19H20BrClN2O4S/c20-14-4-9-18(17(21)12-14)22-19(24)13-27-15-5-7-16(8-6-15)28(25,26)23-10-2-1-3-11-23/h4-9,12H,1-3,10-11,13H2,(H,22,24). The monoisotopic (exact) mass is 486 g/mol. The molecule has 1 aliphatic rings. The summed E-state index contributed by atoms with van der Waals surface area (Å²) in [6, 6.07) is 11.2. The van der Waals surface area contributed by atoms with Gasteiger partial charge in [-0.15, -0.1) is 0 Å². The molecule has 0 radical (unpaired) electrons. The quantitative estimate of drug-likeness (QED) is 0.659. The van der Waals surface area contributed by atoms with Gasteiger partial charge in [-0.05, 0) is 55.3 Å². The zero-order valence-corrected chi connectivity index (χ0v) is 18.2. The van der Waals surface area contributed by atoms with Gasteiger partial charge in [0.05, 0.1) is 15.6 Å². The fraction of sp³-hybridized carbons (Fsp3) is 0.316. The lowest BCUT2D eigenvalue weighted by Crippen LogP contribution is -2.35. The Bertz CT molecular complexity index is 945. The highest BCUT2D eigenvalue weighted by atomic mass is 79.9. The van der Waals surface area contributed by atoms with Crippen molar-refractivity contribution in [3.05, 3.63) is 52.0 Å². The van der Waals surface area contributed by atoms with Gasteiger partial charge in [-0.2, -0.15) is 4.31 Å². The maximum atomic E-state index is 12.6. The molecule has 1 aliphatic heterocycles. The molecule has 1 heterocycles. The Hall–Kier alpha value is -1.61. The van der Waals surface area contributed by atoms with Gasteiger partial charge in [0.25, 0.3) is 5.91 Å². The molecule has 6 nitrogen and oxygen atoms in total. The third-order valence-electron chi connectivity index (χ3n) is 4.35. The van der Waals surface area contributed by atoms with Crippen LogP contribution in [0.2, 0.25) is 5.02 Å². The van der Waals surface area contributed by atoms with E-state index in [4.69, 9.17) is 16.3 Å². The molecule has 0 aliphatic carbocycles. The zero-order chi connectivity index (χ0) is 20.1. The minimum Gasteiger partial charge on any atom is -0.484 e. The predicted molar refractivity (Wildman–Crippen MR) is 112 cm³/mol. The molecule has 3 rings (SSSR count). The number of benzene rings is 2. The minimum absolute atomic E-state index is 0.218. The molecule has 0 spiro atoms. The molecule has 9 heteroatoms. The summed E-state index contributed by atoms with van der Waals surface area (Å²) in [5, 5.41) is 3.08. The number of carbonyl (C=O) groups excluding carboxylic acids is 1. The van der Waals surface area contributed by atoms with Crippen molar-refractivity contribution in [2.24, 2.45) is 0 Å². The minimum atomic E-state index is -3.48. The van der Waals surface area contributed by atoms with Crippen LogP contribution in [0.25, 0.3) is 0 Å². The van der Waals surface area contributed by atoms with Crippen LogP contribution >= 0.6 is 27.5 Å². The summed E-state index contributed by atoms with van der Waals surface area (Å²) in [6.45, 7) is 0.892. The van der Waals surface area contributed by atoms with E-state index in [0.29, 0.717) is 29.5 Å². The third kappa shape index (κ3) is 5.26. The van der Waals surface area contributed by atoms with Crippen LogP contribution in [0.15, 0.2) is 51.8 Å². The van der Waals surface area contributed by atoms with E-state index < -0.39 is 10.0 Å². The number of hydrogen-bond donors (Lipinski definition) is 1. The van der Waals surface area contributed by atoms with Gasteiger partial charge in [-0.25, -0.2) is 8.42 Å². The number of amides is 1. The summed E-state index contributed by atoms with van der Waals surface area (Å²) in [7, 11) is -3.48. The van der Waals surface area contributed by atoms with Crippen LogP contribution in [0, 0.1) is 0 Å². The smallest absolute Gasteiger partial charge is 0.262 e. The number of nitrogens with zero attached hydrogens (tertiary/aromatic N) is 1. The van der Waals surface area contributed by atoms with Crippen LogP contribution in [0.4, 0.5) is 5.69 Å². The predicted octanol–water partition coefficient (Wildman–Crippen LogP) is 4.29. The van der Waals surface area contributed by atoms with E-state index in [0.717, 1.165) is 23.7 Å². The van der Waals surface area contributed by atoms with Crippen LogP contribution in [0.5, 0.6) is 5.75 Å². The SMILES string of the molecule is O=C(COc1ccc(S(=O)(=O)N2CCCCC2)cc1)Nc1ccc(Br)cc1Cl. The van der Waals surface area contributed by atoms with Crippen LogP contribution in [-0.2, 0) is 14.8 Å². The summed E-state index contributed by atoms with van der Waals surface area (Å²) < 4.78 is 33.0. The van der Waals surface area contributed by atoms with Crippen molar-refractivity contribution in [2.45, 2.75) is 24.2 Å². The summed E-state index contributed by atoms with van der Waals surface area (Å²) >= 11 is 9.37. The summed E-state index contributed by atoms with van der Waals surface area (Å²) in [5.41, 5.74) is 0.487. The average molecular weight is 488 g/mol. The Morgan fingerprint density at radius 2 is 1.79 bits per heavy atom. The van der Waals surface area contributed by atoms with Gasteiger partial charge in [-0.1, -0.05) is 34.0 Å². The van der Waals surface area contributed by atoms with Crippen LogP contribution in [-0.4, -0.2) is 38.3 Å². The van der Waals surface area contributed by atoms with Gasteiger partial charge >= 0.3 is 0 Å². The van der Waals surface area contributed by atoms with E-state index in [1.165, 1.54) is 16.4 Å². The third-order valence-corrected chi connectivity index (χ3v) is 7.07. The molecule has 1 amide bonds. The summed E-state index contributed by atoms with van der Waals surface area (Å²) in [5.74, 6) is 0.0453. The Balaban J connectivity index is 1.57. The second kappa shape index (κ2) is 9.26. The fourth-order valence-electron chi connectivity index (χ4n) is 2.89. The molecular formula is C19H20BrClN2O4S. The number of ether oxygens (including phenoxy) is 1. The number of hydrogen-bond acceptors (Lipinski definition) is 4. The van der Waals surface area contributed by atoms with E-state index in [9.17, 15) is 13.2 Å². The molecule has 150 valence electrons. The van der Waals surface area contributed by atoms with Crippen molar-refractivity contribution in [1.29, 1.82) is 0 Å². The first-order valence-electron chi connectivity index (χ1n) is 8.84. The molecule has 2 aromatic rings. The van der Waals surface area contributed by atoms with Crippen molar-refractivity contribution < 1.29 is 17.9 Å². The normalized spacial score (nSPS) is 15.2. The maximum Gasteiger partial charge on any atom is 0.262 e. The van der Waals surface area contributed by atoms with Gasteiger partial charge in [-0.3, -0.25) is 4.79 Å². The molecule has 1 fully saturated rings. The molecule has 0 unspecified atom stereocenters. The van der Waals surface area contributed by atoms with E-state index in [1.807, 2.05) is 0 Å². The van der Waals surface area contributed by atoms with Crippen molar-refractivity contribution >= 4 is 49.1 Å². The summed E-state index contributed by atoms with van der Waals surface area (Å²) in [4.78, 5) is 12.3. The van der Waals surface area contributed by atoms with Crippen LogP contribution in [0.1, 0.15) is 19.3 Å². The molecule has 2 aromatic carbocycles.